The number of methoxy groups -OCH3 is 1. The summed E-state index contributed by atoms with van der Waals surface area (Å²) >= 11 is 0. The number of fused-ring (bicyclic) bond motifs is 1. The fourth-order valence-electron chi connectivity index (χ4n) is 2.39. The first kappa shape index (κ1) is 17.6. The van der Waals surface area contributed by atoms with Gasteiger partial charge in [-0.15, -0.1) is 0 Å². The zero-order valence-electron chi connectivity index (χ0n) is 13.7. The molecule has 0 radical (unpaired) electrons. The average molecular weight is 365 g/mol. The quantitative estimate of drug-likeness (QED) is 0.732. The van der Waals surface area contributed by atoms with Crippen LogP contribution in [0.5, 0.6) is 11.5 Å². The molecular formula is C16H14F3N5O2. The molecule has 0 bridgehead atoms. The molecule has 0 fully saturated rings. The zero-order chi connectivity index (χ0) is 18.9. The van der Waals surface area contributed by atoms with Crippen LogP contribution in [0.15, 0.2) is 30.9 Å². The summed E-state index contributed by atoms with van der Waals surface area (Å²) in [5.74, 6) is -0.471. The first-order valence-corrected chi connectivity index (χ1v) is 7.47. The molecule has 1 atom stereocenters. The average Bonchev–Trinajstić information content (AvgIpc) is 2.61. The third-order valence-corrected chi connectivity index (χ3v) is 3.69. The van der Waals surface area contributed by atoms with E-state index in [2.05, 4.69) is 25.3 Å². The van der Waals surface area contributed by atoms with E-state index < -0.39 is 18.0 Å². The minimum atomic E-state index is -4.59. The Morgan fingerprint density at radius 3 is 2.42 bits per heavy atom. The number of hydrogen-bond donors (Lipinski definition) is 2. The van der Waals surface area contributed by atoms with Crippen molar-refractivity contribution in [2.45, 2.75) is 19.1 Å². The van der Waals surface area contributed by atoms with Gasteiger partial charge in [0.2, 0.25) is 5.82 Å². The molecule has 3 rings (SSSR count). The molecule has 1 aromatic carbocycles. The molecule has 7 nitrogen and oxygen atoms in total. The van der Waals surface area contributed by atoms with Gasteiger partial charge in [0.25, 0.3) is 0 Å². The van der Waals surface area contributed by atoms with Crippen LogP contribution in [-0.2, 0) is 6.18 Å². The predicted molar refractivity (Wildman–Crippen MR) is 86.8 cm³/mol. The Morgan fingerprint density at radius 1 is 1.12 bits per heavy atom. The topological polar surface area (TPSA) is 93.1 Å². The van der Waals surface area contributed by atoms with Crippen molar-refractivity contribution in [1.29, 1.82) is 0 Å². The standard InChI is InChI=1S/C16H14F3N5O2/c1-8(9-5-20-15(21-6-9)16(17,18)19)24-14-11-3-10(25)4-12(26-2)13(11)22-7-23-14/h3-8,25H,1-2H3,(H,22,23,24)/t8-/m1/s1. The highest BCUT2D eigenvalue weighted by molar-refractivity contribution is 5.94. The molecule has 10 heteroatoms. The molecule has 2 heterocycles. The van der Waals surface area contributed by atoms with Crippen LogP contribution in [0.2, 0.25) is 0 Å². The van der Waals surface area contributed by atoms with Crippen LogP contribution in [0.25, 0.3) is 10.9 Å². The van der Waals surface area contributed by atoms with E-state index in [0.29, 0.717) is 28.0 Å². The monoisotopic (exact) mass is 365 g/mol. The summed E-state index contributed by atoms with van der Waals surface area (Å²) in [6.45, 7) is 1.72. The van der Waals surface area contributed by atoms with Gasteiger partial charge < -0.3 is 15.2 Å². The van der Waals surface area contributed by atoms with Crippen molar-refractivity contribution in [1.82, 2.24) is 19.9 Å². The van der Waals surface area contributed by atoms with Gasteiger partial charge in [0.05, 0.1) is 18.5 Å². The van der Waals surface area contributed by atoms with E-state index in [1.165, 1.54) is 25.6 Å². The molecule has 136 valence electrons. The maximum Gasteiger partial charge on any atom is 0.451 e. The predicted octanol–water partition coefficient (Wildman–Crippen LogP) is 3.33. The lowest BCUT2D eigenvalue weighted by atomic mass is 10.1. The van der Waals surface area contributed by atoms with Crippen molar-refractivity contribution >= 4 is 16.7 Å². The van der Waals surface area contributed by atoms with Gasteiger partial charge in [-0.3, -0.25) is 0 Å². The summed E-state index contributed by atoms with van der Waals surface area (Å²) in [4.78, 5) is 15.0. The largest absolute Gasteiger partial charge is 0.508 e. The second kappa shape index (κ2) is 6.62. The third kappa shape index (κ3) is 3.44. The maximum atomic E-state index is 12.6. The van der Waals surface area contributed by atoms with Gasteiger partial charge in [-0.2, -0.15) is 13.2 Å². The molecule has 2 N–H and O–H groups in total. The number of phenols is 1. The summed E-state index contributed by atoms with van der Waals surface area (Å²) in [5.41, 5.74) is 0.926. The van der Waals surface area contributed by atoms with E-state index in [4.69, 9.17) is 4.74 Å². The van der Waals surface area contributed by atoms with E-state index in [1.807, 2.05) is 0 Å². The smallest absolute Gasteiger partial charge is 0.451 e. The van der Waals surface area contributed by atoms with Crippen LogP contribution in [0.3, 0.4) is 0 Å². The molecule has 0 aliphatic carbocycles. The zero-order valence-corrected chi connectivity index (χ0v) is 13.7. The second-order valence-electron chi connectivity index (χ2n) is 5.47. The summed E-state index contributed by atoms with van der Waals surface area (Å²) < 4.78 is 42.9. The molecule has 0 spiro atoms. The Hall–Kier alpha value is -3.17. The maximum absolute atomic E-state index is 12.6. The van der Waals surface area contributed by atoms with Crippen molar-refractivity contribution in [2.24, 2.45) is 0 Å². The molecule has 2 aromatic heterocycles. The van der Waals surface area contributed by atoms with Crippen molar-refractivity contribution in [3.05, 3.63) is 42.2 Å². The minimum Gasteiger partial charge on any atom is -0.508 e. The highest BCUT2D eigenvalue weighted by Crippen LogP contribution is 2.33. The molecular weight excluding hydrogens is 351 g/mol. The minimum absolute atomic E-state index is 0.0299. The number of aromatic hydroxyl groups is 1. The molecule has 26 heavy (non-hydrogen) atoms. The molecule has 0 saturated heterocycles. The Bertz CT molecular complexity index is 932. The van der Waals surface area contributed by atoms with E-state index in [9.17, 15) is 18.3 Å². The number of ether oxygens (including phenoxy) is 1. The lowest BCUT2D eigenvalue weighted by molar-refractivity contribution is -0.145. The van der Waals surface area contributed by atoms with E-state index in [1.54, 1.807) is 6.92 Å². The summed E-state index contributed by atoms with van der Waals surface area (Å²) in [6, 6.07) is 2.45. The van der Waals surface area contributed by atoms with E-state index in [-0.39, 0.29) is 5.75 Å². The van der Waals surface area contributed by atoms with Gasteiger partial charge in [-0.25, -0.2) is 19.9 Å². The van der Waals surface area contributed by atoms with Crippen LogP contribution in [0, 0.1) is 0 Å². The molecule has 0 amide bonds. The molecule has 0 saturated carbocycles. The summed E-state index contributed by atoms with van der Waals surface area (Å²) in [5, 5.41) is 13.4. The van der Waals surface area contributed by atoms with Crippen LogP contribution in [0.1, 0.15) is 24.4 Å². The Morgan fingerprint density at radius 2 is 1.81 bits per heavy atom. The highest BCUT2D eigenvalue weighted by Gasteiger charge is 2.34. The number of phenolic OH excluding ortho intramolecular Hbond substituents is 1. The van der Waals surface area contributed by atoms with Crippen LogP contribution >= 0.6 is 0 Å². The van der Waals surface area contributed by atoms with Crippen molar-refractivity contribution in [2.75, 3.05) is 12.4 Å². The van der Waals surface area contributed by atoms with Gasteiger partial charge in [0, 0.05) is 24.0 Å². The third-order valence-electron chi connectivity index (χ3n) is 3.69. The van der Waals surface area contributed by atoms with Crippen molar-refractivity contribution in [3.8, 4) is 11.5 Å². The number of benzene rings is 1. The second-order valence-corrected chi connectivity index (χ2v) is 5.47. The molecule has 0 aliphatic rings. The molecule has 0 aliphatic heterocycles. The normalized spacial score (nSPS) is 12.8. The lowest BCUT2D eigenvalue weighted by Crippen LogP contribution is -2.14. The Labute approximate surface area is 145 Å². The number of halogens is 3. The number of nitrogens with one attached hydrogen (secondary N) is 1. The fourth-order valence-corrected chi connectivity index (χ4v) is 2.39. The number of rotatable bonds is 4. The summed E-state index contributed by atoms with van der Waals surface area (Å²) in [6.07, 6.45) is -1.06. The number of anilines is 1. The van der Waals surface area contributed by atoms with Crippen LogP contribution in [-0.4, -0.2) is 32.2 Å². The van der Waals surface area contributed by atoms with Crippen molar-refractivity contribution < 1.29 is 23.0 Å². The summed E-state index contributed by atoms with van der Waals surface area (Å²) in [7, 11) is 1.45. The van der Waals surface area contributed by atoms with Gasteiger partial charge in [-0.1, -0.05) is 0 Å². The number of nitrogens with zero attached hydrogens (tertiary/aromatic N) is 4. The first-order valence-electron chi connectivity index (χ1n) is 7.47. The van der Waals surface area contributed by atoms with E-state index >= 15 is 0 Å². The first-order chi connectivity index (χ1) is 12.3. The number of hydrogen-bond acceptors (Lipinski definition) is 7. The Kier molecular flexibility index (Phi) is 4.49. The molecule has 0 unspecified atom stereocenters. The van der Waals surface area contributed by atoms with E-state index in [0.717, 1.165) is 12.4 Å². The van der Waals surface area contributed by atoms with Gasteiger partial charge >= 0.3 is 6.18 Å². The molecule has 3 aromatic rings. The van der Waals surface area contributed by atoms with Gasteiger partial charge in [0.15, 0.2) is 0 Å². The number of aromatic nitrogens is 4. The van der Waals surface area contributed by atoms with Crippen LogP contribution < -0.4 is 10.1 Å². The van der Waals surface area contributed by atoms with Gasteiger partial charge in [0.1, 0.15) is 29.2 Å². The van der Waals surface area contributed by atoms with Crippen LogP contribution in [0.4, 0.5) is 19.0 Å². The van der Waals surface area contributed by atoms with Gasteiger partial charge in [-0.05, 0) is 13.0 Å². The highest BCUT2D eigenvalue weighted by atomic mass is 19.4. The lowest BCUT2D eigenvalue weighted by Gasteiger charge is -2.16. The Balaban J connectivity index is 1.92. The SMILES string of the molecule is COc1cc(O)cc2c(N[C@H](C)c3cnc(C(F)(F)F)nc3)ncnc12. The number of alkyl halides is 3. The fraction of sp³-hybridized carbons (Fsp3) is 0.250. The van der Waals surface area contributed by atoms with Crippen molar-refractivity contribution in [3.63, 3.8) is 0 Å².